The Morgan fingerprint density at radius 3 is 2.83 bits per heavy atom. The SMILES string of the molecule is CN(CCC(C)(C)O)c1nc(Cc2ccc3c(c2)OCO3)nc2c1CCNC2=O. The highest BCUT2D eigenvalue weighted by atomic mass is 16.7. The molecule has 154 valence electrons. The first-order valence-corrected chi connectivity index (χ1v) is 9.80. The van der Waals surface area contributed by atoms with E-state index >= 15 is 0 Å². The summed E-state index contributed by atoms with van der Waals surface area (Å²) in [5, 5.41) is 12.9. The largest absolute Gasteiger partial charge is 0.454 e. The van der Waals surface area contributed by atoms with Gasteiger partial charge in [-0.15, -0.1) is 0 Å². The highest BCUT2D eigenvalue weighted by molar-refractivity contribution is 5.96. The first-order chi connectivity index (χ1) is 13.8. The van der Waals surface area contributed by atoms with Gasteiger partial charge < -0.3 is 24.8 Å². The van der Waals surface area contributed by atoms with Gasteiger partial charge in [-0.05, 0) is 44.4 Å². The lowest BCUT2D eigenvalue weighted by Crippen LogP contribution is -2.36. The molecule has 0 fully saturated rings. The molecule has 1 aromatic carbocycles. The number of aliphatic hydroxyl groups is 1. The van der Waals surface area contributed by atoms with E-state index in [1.165, 1.54) is 0 Å². The van der Waals surface area contributed by atoms with Crippen molar-refractivity contribution in [3.63, 3.8) is 0 Å². The summed E-state index contributed by atoms with van der Waals surface area (Å²) in [6.07, 6.45) is 1.75. The van der Waals surface area contributed by atoms with Gasteiger partial charge in [0, 0.05) is 32.1 Å². The molecule has 2 aromatic rings. The van der Waals surface area contributed by atoms with Crippen LogP contribution in [-0.2, 0) is 12.8 Å². The maximum atomic E-state index is 12.4. The topological polar surface area (TPSA) is 96.8 Å². The zero-order valence-electron chi connectivity index (χ0n) is 17.0. The molecule has 0 saturated carbocycles. The van der Waals surface area contributed by atoms with E-state index in [1.54, 1.807) is 13.8 Å². The summed E-state index contributed by atoms with van der Waals surface area (Å²) in [5.74, 6) is 2.60. The Hall–Kier alpha value is -2.87. The van der Waals surface area contributed by atoms with Crippen molar-refractivity contribution in [1.29, 1.82) is 0 Å². The molecule has 0 bridgehead atoms. The number of aromatic nitrogens is 2. The minimum Gasteiger partial charge on any atom is -0.454 e. The Kier molecular flexibility index (Phi) is 5.04. The van der Waals surface area contributed by atoms with Gasteiger partial charge in [0.2, 0.25) is 6.79 Å². The Morgan fingerprint density at radius 1 is 1.24 bits per heavy atom. The van der Waals surface area contributed by atoms with Crippen LogP contribution in [0.1, 0.15) is 47.7 Å². The summed E-state index contributed by atoms with van der Waals surface area (Å²) in [6.45, 7) is 5.00. The molecule has 0 aliphatic carbocycles. The summed E-state index contributed by atoms with van der Waals surface area (Å²) in [5.41, 5.74) is 1.51. The number of amides is 1. The van der Waals surface area contributed by atoms with Gasteiger partial charge in [0.25, 0.3) is 5.91 Å². The number of carbonyl (C=O) groups excluding carboxylic acids is 1. The van der Waals surface area contributed by atoms with Crippen LogP contribution in [0.3, 0.4) is 0 Å². The van der Waals surface area contributed by atoms with Crippen molar-refractivity contribution >= 4 is 11.7 Å². The van der Waals surface area contributed by atoms with Crippen molar-refractivity contribution in [2.24, 2.45) is 0 Å². The van der Waals surface area contributed by atoms with E-state index in [0.29, 0.717) is 49.6 Å². The number of nitrogens with one attached hydrogen (secondary N) is 1. The van der Waals surface area contributed by atoms with E-state index in [1.807, 2.05) is 30.1 Å². The van der Waals surface area contributed by atoms with Gasteiger partial charge in [-0.25, -0.2) is 9.97 Å². The molecule has 0 spiro atoms. The molecular weight excluding hydrogens is 372 g/mol. The number of anilines is 1. The van der Waals surface area contributed by atoms with E-state index in [2.05, 4.69) is 10.3 Å². The highest BCUT2D eigenvalue weighted by Crippen LogP contribution is 2.33. The molecule has 0 unspecified atom stereocenters. The van der Waals surface area contributed by atoms with Gasteiger partial charge >= 0.3 is 0 Å². The van der Waals surface area contributed by atoms with Crippen LogP contribution < -0.4 is 19.7 Å². The molecule has 2 aliphatic heterocycles. The molecule has 8 heteroatoms. The van der Waals surface area contributed by atoms with E-state index in [-0.39, 0.29) is 12.7 Å². The van der Waals surface area contributed by atoms with Crippen LogP contribution >= 0.6 is 0 Å². The maximum Gasteiger partial charge on any atom is 0.270 e. The number of ether oxygens (including phenoxy) is 2. The van der Waals surface area contributed by atoms with Crippen LogP contribution in [-0.4, -0.2) is 53.5 Å². The number of fused-ring (bicyclic) bond motifs is 2. The summed E-state index contributed by atoms with van der Waals surface area (Å²) < 4.78 is 10.8. The van der Waals surface area contributed by atoms with Crippen LogP contribution in [0.5, 0.6) is 11.5 Å². The highest BCUT2D eigenvalue weighted by Gasteiger charge is 2.26. The minimum atomic E-state index is -0.770. The molecule has 3 heterocycles. The van der Waals surface area contributed by atoms with Gasteiger partial charge in [-0.2, -0.15) is 0 Å². The molecule has 1 amide bonds. The maximum absolute atomic E-state index is 12.4. The average Bonchev–Trinajstić information content (AvgIpc) is 3.13. The van der Waals surface area contributed by atoms with E-state index in [4.69, 9.17) is 14.5 Å². The van der Waals surface area contributed by atoms with Crippen LogP contribution in [0.2, 0.25) is 0 Å². The van der Waals surface area contributed by atoms with Gasteiger partial charge in [0.15, 0.2) is 11.5 Å². The van der Waals surface area contributed by atoms with Gasteiger partial charge in [-0.3, -0.25) is 4.79 Å². The second kappa shape index (κ2) is 7.51. The van der Waals surface area contributed by atoms with E-state index in [0.717, 1.165) is 22.7 Å². The Labute approximate surface area is 169 Å². The number of hydrogen-bond donors (Lipinski definition) is 2. The van der Waals surface area contributed by atoms with Crippen LogP contribution in [0.25, 0.3) is 0 Å². The Balaban J connectivity index is 1.65. The van der Waals surface area contributed by atoms with Crippen molar-refractivity contribution in [1.82, 2.24) is 15.3 Å². The number of benzene rings is 1. The zero-order valence-corrected chi connectivity index (χ0v) is 17.0. The molecule has 2 aliphatic rings. The fraction of sp³-hybridized carbons (Fsp3) is 0.476. The lowest BCUT2D eigenvalue weighted by Gasteiger charge is -2.27. The van der Waals surface area contributed by atoms with E-state index in [9.17, 15) is 9.90 Å². The van der Waals surface area contributed by atoms with Crippen molar-refractivity contribution in [3.8, 4) is 11.5 Å². The monoisotopic (exact) mass is 398 g/mol. The summed E-state index contributed by atoms with van der Waals surface area (Å²) in [6, 6.07) is 5.75. The predicted molar refractivity (Wildman–Crippen MR) is 108 cm³/mol. The quantitative estimate of drug-likeness (QED) is 0.764. The molecular formula is C21H26N4O4. The number of hydrogen-bond acceptors (Lipinski definition) is 7. The van der Waals surface area contributed by atoms with Crippen molar-refractivity contribution < 1.29 is 19.4 Å². The summed E-state index contributed by atoms with van der Waals surface area (Å²) in [4.78, 5) is 23.8. The molecule has 0 atom stereocenters. The molecule has 1 aromatic heterocycles. The van der Waals surface area contributed by atoms with Gasteiger partial charge in [-0.1, -0.05) is 6.07 Å². The minimum absolute atomic E-state index is 0.169. The number of rotatable bonds is 6. The third kappa shape index (κ3) is 4.27. The Morgan fingerprint density at radius 2 is 2.03 bits per heavy atom. The lowest BCUT2D eigenvalue weighted by atomic mass is 10.0. The van der Waals surface area contributed by atoms with Crippen LogP contribution in [0.4, 0.5) is 5.82 Å². The van der Waals surface area contributed by atoms with Crippen molar-refractivity contribution in [2.75, 3.05) is 31.8 Å². The molecule has 29 heavy (non-hydrogen) atoms. The third-order valence-corrected chi connectivity index (χ3v) is 5.13. The molecule has 8 nitrogen and oxygen atoms in total. The van der Waals surface area contributed by atoms with Crippen LogP contribution in [0, 0.1) is 0 Å². The Bertz CT molecular complexity index is 939. The summed E-state index contributed by atoms with van der Waals surface area (Å²) in [7, 11) is 1.94. The summed E-state index contributed by atoms with van der Waals surface area (Å²) >= 11 is 0. The first-order valence-electron chi connectivity index (χ1n) is 9.80. The second-order valence-electron chi connectivity index (χ2n) is 8.14. The fourth-order valence-electron chi connectivity index (χ4n) is 3.50. The molecule has 4 rings (SSSR count). The van der Waals surface area contributed by atoms with Crippen molar-refractivity contribution in [3.05, 3.63) is 40.8 Å². The normalized spacial score (nSPS) is 15.1. The molecule has 0 radical (unpaired) electrons. The zero-order chi connectivity index (χ0) is 20.6. The number of carbonyl (C=O) groups is 1. The van der Waals surface area contributed by atoms with Gasteiger partial charge in [0.1, 0.15) is 17.3 Å². The van der Waals surface area contributed by atoms with Crippen LogP contribution in [0.15, 0.2) is 18.2 Å². The van der Waals surface area contributed by atoms with Gasteiger partial charge in [0.05, 0.1) is 5.60 Å². The molecule has 0 saturated heterocycles. The first kappa shape index (κ1) is 19.4. The molecule has 2 N–H and O–H groups in total. The second-order valence-corrected chi connectivity index (χ2v) is 8.14. The standard InChI is InChI=1S/C21H26N4O4/c1-21(2,27)7-9-25(3)19-14-6-8-22-20(26)18(14)23-17(24-19)11-13-4-5-15-16(10-13)29-12-28-15/h4-5,10,27H,6-9,11-12H2,1-3H3,(H,22,26). The average molecular weight is 398 g/mol. The van der Waals surface area contributed by atoms with Crippen molar-refractivity contribution in [2.45, 2.75) is 38.7 Å². The van der Waals surface area contributed by atoms with E-state index < -0.39 is 5.60 Å². The predicted octanol–water partition coefficient (Wildman–Crippen LogP) is 1.68. The fourth-order valence-corrected chi connectivity index (χ4v) is 3.50. The number of nitrogens with zero attached hydrogens (tertiary/aromatic N) is 3. The third-order valence-electron chi connectivity index (χ3n) is 5.13. The lowest BCUT2D eigenvalue weighted by molar-refractivity contribution is 0.0733. The smallest absolute Gasteiger partial charge is 0.270 e.